The van der Waals surface area contributed by atoms with E-state index < -0.39 is 0 Å². The fourth-order valence-electron chi connectivity index (χ4n) is 3.36. The third kappa shape index (κ3) is 3.75. The normalized spacial score (nSPS) is 26.6. The number of aromatic nitrogens is 1. The van der Waals surface area contributed by atoms with E-state index in [1.165, 1.54) is 6.20 Å². The first kappa shape index (κ1) is 16.7. The van der Waals surface area contributed by atoms with Gasteiger partial charge < -0.3 is 15.1 Å². The molecule has 1 aromatic rings. The zero-order valence-corrected chi connectivity index (χ0v) is 12.8. The maximum Gasteiger partial charge on any atom is 0.290 e. The number of carbonyl (C=O) groups excluding carboxylic acids is 1. The fraction of sp³-hybridized carbons (Fsp3) is 0.533. The number of piperidine rings is 2. The van der Waals surface area contributed by atoms with Crippen LogP contribution in [0.1, 0.15) is 42.5 Å². The van der Waals surface area contributed by atoms with Crippen LogP contribution in [0.3, 0.4) is 0 Å². The van der Waals surface area contributed by atoms with Crippen molar-refractivity contribution in [2.24, 2.45) is 0 Å². The van der Waals surface area contributed by atoms with Crippen molar-refractivity contribution < 1.29 is 19.8 Å². The first-order valence-electron chi connectivity index (χ1n) is 7.26. The molecule has 0 aliphatic carbocycles. The number of hydrogen-bond acceptors (Lipinski definition) is 4. The minimum Gasteiger partial charge on any atom is -0.483 e. The Labute approximate surface area is 133 Å². The monoisotopic (exact) mass is 326 g/mol. The summed E-state index contributed by atoms with van der Waals surface area (Å²) >= 11 is 5.90. The molecule has 0 radical (unpaired) electrons. The fourth-order valence-corrected chi connectivity index (χ4v) is 3.54. The van der Waals surface area contributed by atoms with Gasteiger partial charge in [0, 0.05) is 24.5 Å². The van der Waals surface area contributed by atoms with Gasteiger partial charge in [0.2, 0.25) is 0 Å². The summed E-state index contributed by atoms with van der Waals surface area (Å²) in [7, 11) is 0. The summed E-state index contributed by atoms with van der Waals surface area (Å²) in [5, 5.41) is 17.2. The van der Waals surface area contributed by atoms with Gasteiger partial charge in [-0.2, -0.15) is 0 Å². The number of pyridine rings is 1. The highest BCUT2D eigenvalue weighted by molar-refractivity contribution is 6.30. The van der Waals surface area contributed by atoms with Gasteiger partial charge in [-0.1, -0.05) is 11.6 Å². The van der Waals surface area contributed by atoms with Crippen LogP contribution < -0.4 is 0 Å². The van der Waals surface area contributed by atoms with Gasteiger partial charge in [-0.25, -0.2) is 0 Å². The molecule has 3 heterocycles. The molecule has 1 aromatic heterocycles. The summed E-state index contributed by atoms with van der Waals surface area (Å²) in [6.45, 7) is -0.250. The first-order valence-corrected chi connectivity index (χ1v) is 7.63. The molecule has 2 aliphatic heterocycles. The van der Waals surface area contributed by atoms with Crippen LogP contribution in [0.4, 0.5) is 0 Å². The number of halogens is 1. The van der Waals surface area contributed by atoms with E-state index in [1.807, 2.05) is 4.90 Å². The van der Waals surface area contributed by atoms with E-state index in [2.05, 4.69) is 4.98 Å². The molecule has 2 bridgehead atoms. The van der Waals surface area contributed by atoms with Crippen LogP contribution in [-0.4, -0.2) is 50.7 Å². The lowest BCUT2D eigenvalue weighted by molar-refractivity contribution is -0.122. The Morgan fingerprint density at radius 1 is 1.32 bits per heavy atom. The molecule has 6 nitrogen and oxygen atoms in total. The zero-order valence-electron chi connectivity index (χ0n) is 12.1. The molecule has 120 valence electrons. The highest BCUT2D eigenvalue weighted by atomic mass is 35.5. The quantitative estimate of drug-likeness (QED) is 0.770. The predicted octanol–water partition coefficient (Wildman–Crippen LogP) is 1.95. The Kier molecular flexibility index (Phi) is 5.74. The minimum atomic E-state index is -0.267. The van der Waals surface area contributed by atoms with Gasteiger partial charge in [-0.3, -0.25) is 14.6 Å². The van der Waals surface area contributed by atoms with Crippen molar-refractivity contribution in [2.75, 3.05) is 0 Å². The Balaban J connectivity index is 0.000000545. The summed E-state index contributed by atoms with van der Waals surface area (Å²) in [5.41, 5.74) is 0.542. The molecule has 22 heavy (non-hydrogen) atoms. The molecule has 2 aliphatic rings. The average Bonchev–Trinajstić information content (AvgIpc) is 2.46. The topological polar surface area (TPSA) is 90.7 Å². The SMILES string of the molecule is O=C(c1cncc(Cl)c1)N1[C@@H]2CCC[C@H]1CC(O)C2.O=CO. The van der Waals surface area contributed by atoms with Crippen LogP contribution in [0.25, 0.3) is 0 Å². The Morgan fingerprint density at radius 3 is 2.45 bits per heavy atom. The molecule has 2 N–H and O–H groups in total. The van der Waals surface area contributed by atoms with Crippen molar-refractivity contribution >= 4 is 24.0 Å². The number of fused-ring (bicyclic) bond motifs is 2. The summed E-state index contributed by atoms with van der Waals surface area (Å²) < 4.78 is 0. The number of nitrogens with zero attached hydrogens (tertiary/aromatic N) is 2. The highest BCUT2D eigenvalue weighted by Crippen LogP contribution is 2.35. The number of carbonyl (C=O) groups is 2. The summed E-state index contributed by atoms with van der Waals surface area (Å²) in [6.07, 6.45) is 7.30. The lowest BCUT2D eigenvalue weighted by Gasteiger charge is -2.47. The van der Waals surface area contributed by atoms with Gasteiger partial charge in [0.15, 0.2) is 0 Å². The molecule has 1 unspecified atom stereocenters. The second-order valence-corrected chi connectivity index (χ2v) is 6.01. The molecular weight excluding hydrogens is 308 g/mol. The van der Waals surface area contributed by atoms with Crippen LogP contribution >= 0.6 is 11.6 Å². The van der Waals surface area contributed by atoms with Gasteiger partial charge in [0.05, 0.1) is 16.7 Å². The molecule has 3 rings (SSSR count). The number of amides is 1. The molecule has 0 aromatic carbocycles. The molecule has 1 amide bonds. The summed E-state index contributed by atoms with van der Waals surface area (Å²) in [6, 6.07) is 1.99. The van der Waals surface area contributed by atoms with Gasteiger partial charge >= 0.3 is 0 Å². The maximum absolute atomic E-state index is 12.6. The zero-order chi connectivity index (χ0) is 16.1. The van der Waals surface area contributed by atoms with Crippen LogP contribution in [0.15, 0.2) is 18.5 Å². The lowest BCUT2D eigenvalue weighted by Crippen LogP contribution is -2.55. The molecular formula is C15H19ClN2O4. The van der Waals surface area contributed by atoms with Crippen LogP contribution in [0, 0.1) is 0 Å². The van der Waals surface area contributed by atoms with Crippen molar-refractivity contribution in [3.8, 4) is 0 Å². The van der Waals surface area contributed by atoms with Crippen LogP contribution in [-0.2, 0) is 4.79 Å². The Bertz CT molecular complexity index is 526. The summed E-state index contributed by atoms with van der Waals surface area (Å²) in [5.74, 6) is -0.00315. The van der Waals surface area contributed by atoms with Crippen molar-refractivity contribution in [3.63, 3.8) is 0 Å². The minimum absolute atomic E-state index is 0.00315. The van der Waals surface area contributed by atoms with Gasteiger partial charge in [0.25, 0.3) is 12.4 Å². The van der Waals surface area contributed by atoms with Crippen molar-refractivity contribution in [3.05, 3.63) is 29.0 Å². The third-order valence-electron chi connectivity index (χ3n) is 4.14. The molecule has 7 heteroatoms. The van der Waals surface area contributed by atoms with E-state index >= 15 is 0 Å². The number of rotatable bonds is 1. The van der Waals surface area contributed by atoms with Gasteiger partial charge in [-0.15, -0.1) is 0 Å². The van der Waals surface area contributed by atoms with Crippen LogP contribution in [0.2, 0.25) is 5.02 Å². The molecule has 0 saturated carbocycles. The van der Waals surface area contributed by atoms with E-state index in [9.17, 15) is 9.90 Å². The van der Waals surface area contributed by atoms with E-state index in [1.54, 1.807) is 12.3 Å². The maximum atomic E-state index is 12.6. The lowest BCUT2D eigenvalue weighted by atomic mass is 9.82. The van der Waals surface area contributed by atoms with E-state index in [-0.39, 0.29) is 30.6 Å². The average molecular weight is 327 g/mol. The van der Waals surface area contributed by atoms with Crippen molar-refractivity contribution in [1.82, 2.24) is 9.88 Å². The van der Waals surface area contributed by atoms with Crippen LogP contribution in [0.5, 0.6) is 0 Å². The Hall–Kier alpha value is -1.66. The van der Waals surface area contributed by atoms with Crippen molar-refractivity contribution in [1.29, 1.82) is 0 Å². The second kappa shape index (κ2) is 7.56. The van der Waals surface area contributed by atoms with E-state index in [0.29, 0.717) is 23.4 Å². The molecule has 2 saturated heterocycles. The predicted molar refractivity (Wildman–Crippen MR) is 80.8 cm³/mol. The Morgan fingerprint density at radius 2 is 1.91 bits per heavy atom. The molecule has 0 spiro atoms. The third-order valence-corrected chi connectivity index (χ3v) is 4.34. The largest absolute Gasteiger partial charge is 0.483 e. The number of aliphatic hydroxyl groups is 1. The van der Waals surface area contributed by atoms with Gasteiger partial charge in [-0.05, 0) is 38.2 Å². The highest BCUT2D eigenvalue weighted by Gasteiger charge is 2.40. The van der Waals surface area contributed by atoms with E-state index in [0.717, 1.165) is 19.3 Å². The first-order chi connectivity index (χ1) is 10.6. The number of aliphatic hydroxyl groups excluding tert-OH is 1. The van der Waals surface area contributed by atoms with E-state index in [4.69, 9.17) is 21.5 Å². The molecule has 3 atom stereocenters. The number of hydrogen-bond donors (Lipinski definition) is 2. The smallest absolute Gasteiger partial charge is 0.290 e. The standard InChI is InChI=1S/C14H17ClN2O2.CH2O2/c15-10-4-9(7-16-8-10)14(19)17-11-2-1-3-12(17)6-13(18)5-11;2-1-3/h4,7-8,11-13,18H,1-3,5-6H2;1H,(H,2,3)/t11-,12+,13?;. The van der Waals surface area contributed by atoms with Crippen molar-refractivity contribution in [2.45, 2.75) is 50.3 Å². The van der Waals surface area contributed by atoms with Gasteiger partial charge in [0.1, 0.15) is 0 Å². The number of carboxylic acid groups (broad SMARTS) is 1. The second-order valence-electron chi connectivity index (χ2n) is 5.57. The molecule has 2 fully saturated rings. The summed E-state index contributed by atoms with van der Waals surface area (Å²) in [4.78, 5) is 26.9.